The number of carboxylic acids is 1. The zero-order valence-corrected chi connectivity index (χ0v) is 16.0. The van der Waals surface area contributed by atoms with Gasteiger partial charge >= 0.3 is 12.1 Å². The third-order valence-electron chi connectivity index (χ3n) is 3.76. The predicted molar refractivity (Wildman–Crippen MR) is 106 cm³/mol. The third-order valence-corrected chi connectivity index (χ3v) is 5.39. The van der Waals surface area contributed by atoms with Crippen LogP contribution in [0.2, 0.25) is 5.02 Å². The molecule has 0 atom stereocenters. The largest absolute Gasteiger partial charge is 0.478 e. The van der Waals surface area contributed by atoms with E-state index in [-0.39, 0.29) is 20.5 Å². The van der Waals surface area contributed by atoms with E-state index in [2.05, 4.69) is 0 Å². The van der Waals surface area contributed by atoms with Crippen LogP contribution in [0.25, 0.3) is 6.08 Å². The molecule has 4 nitrogen and oxygen atoms in total. The van der Waals surface area contributed by atoms with Gasteiger partial charge in [0.1, 0.15) is 0 Å². The van der Waals surface area contributed by atoms with E-state index in [0.717, 1.165) is 28.8 Å². The van der Waals surface area contributed by atoms with E-state index in [1.165, 1.54) is 36.4 Å². The number of anilines is 1. The van der Waals surface area contributed by atoms with Crippen LogP contribution in [0.1, 0.15) is 21.5 Å². The van der Waals surface area contributed by atoms with Gasteiger partial charge in [0.15, 0.2) is 4.32 Å². The molecular formula is C18H9ClF3NO3S2. The van der Waals surface area contributed by atoms with Gasteiger partial charge in [0, 0.05) is 0 Å². The van der Waals surface area contributed by atoms with Crippen LogP contribution in [0.5, 0.6) is 0 Å². The molecule has 1 amide bonds. The second-order valence-corrected chi connectivity index (χ2v) is 7.69. The van der Waals surface area contributed by atoms with E-state index >= 15 is 0 Å². The number of benzene rings is 2. The summed E-state index contributed by atoms with van der Waals surface area (Å²) in [7, 11) is 0. The first kappa shape index (κ1) is 20.4. The van der Waals surface area contributed by atoms with E-state index in [0.29, 0.717) is 5.56 Å². The number of nitrogens with zero attached hydrogens (tertiary/aromatic N) is 1. The van der Waals surface area contributed by atoms with Gasteiger partial charge in [0.2, 0.25) is 0 Å². The molecule has 0 radical (unpaired) electrons. The molecule has 0 aliphatic carbocycles. The van der Waals surface area contributed by atoms with E-state index in [1.54, 1.807) is 0 Å². The van der Waals surface area contributed by atoms with Crippen LogP contribution in [-0.4, -0.2) is 21.3 Å². The van der Waals surface area contributed by atoms with Crippen molar-refractivity contribution in [2.75, 3.05) is 4.90 Å². The average molecular weight is 444 g/mol. The Morgan fingerprint density at radius 1 is 1.18 bits per heavy atom. The molecule has 0 unspecified atom stereocenters. The van der Waals surface area contributed by atoms with Crippen molar-refractivity contribution in [3.8, 4) is 0 Å². The van der Waals surface area contributed by atoms with Crippen LogP contribution in [-0.2, 0) is 11.0 Å². The summed E-state index contributed by atoms with van der Waals surface area (Å²) in [6.45, 7) is 0. The molecule has 0 spiro atoms. The summed E-state index contributed by atoms with van der Waals surface area (Å²) in [5, 5.41) is 8.43. The number of thioether (sulfide) groups is 1. The Labute approximate surface area is 171 Å². The van der Waals surface area contributed by atoms with Gasteiger partial charge < -0.3 is 5.11 Å². The van der Waals surface area contributed by atoms with E-state index in [1.807, 2.05) is 0 Å². The van der Waals surface area contributed by atoms with Crippen molar-refractivity contribution in [3.63, 3.8) is 0 Å². The molecule has 28 heavy (non-hydrogen) atoms. The fraction of sp³-hybridized carbons (Fsp3) is 0.0556. The summed E-state index contributed by atoms with van der Waals surface area (Å²) in [5.74, 6) is -1.66. The highest BCUT2D eigenvalue weighted by Crippen LogP contribution is 2.40. The molecule has 10 heteroatoms. The lowest BCUT2D eigenvalue weighted by atomic mass is 10.1. The van der Waals surface area contributed by atoms with Gasteiger partial charge in [-0.15, -0.1) is 0 Å². The van der Waals surface area contributed by atoms with E-state index < -0.39 is 28.6 Å². The fourth-order valence-corrected chi connectivity index (χ4v) is 3.96. The normalized spacial score (nSPS) is 16.1. The monoisotopic (exact) mass is 443 g/mol. The minimum absolute atomic E-state index is 0.0381. The van der Waals surface area contributed by atoms with Crippen LogP contribution in [0, 0.1) is 0 Å². The third kappa shape index (κ3) is 4.06. The molecule has 1 aliphatic heterocycles. The molecule has 2 aromatic rings. The Morgan fingerprint density at radius 3 is 2.39 bits per heavy atom. The molecule has 1 N–H and O–H groups in total. The lowest BCUT2D eigenvalue weighted by Crippen LogP contribution is -2.27. The summed E-state index contributed by atoms with van der Waals surface area (Å²) < 4.78 is 39.3. The lowest BCUT2D eigenvalue weighted by molar-refractivity contribution is -0.137. The molecule has 1 aliphatic rings. The molecule has 3 rings (SSSR count). The van der Waals surface area contributed by atoms with Crippen molar-refractivity contribution in [1.29, 1.82) is 0 Å². The first-order valence-corrected chi connectivity index (χ1v) is 9.16. The van der Waals surface area contributed by atoms with Gasteiger partial charge in [0.05, 0.1) is 26.7 Å². The Bertz CT molecular complexity index is 1020. The minimum atomic E-state index is -4.67. The molecule has 0 saturated carbocycles. The highest BCUT2D eigenvalue weighted by atomic mass is 35.5. The number of amides is 1. The van der Waals surface area contributed by atoms with Gasteiger partial charge in [-0.05, 0) is 42.0 Å². The Morgan fingerprint density at radius 2 is 1.82 bits per heavy atom. The number of carbonyl (C=O) groups excluding carboxylic acids is 1. The Balaban J connectivity index is 1.93. The standard InChI is InChI=1S/C18H9ClF3NO3S2/c19-13-6-5-11(8-12(13)18(20,21)22)23-15(24)14(28-17(23)27)7-9-1-3-10(4-2-9)16(25)26/h1-8H,(H,25,26). The maximum atomic E-state index is 13.1. The highest BCUT2D eigenvalue weighted by Gasteiger charge is 2.37. The zero-order chi connectivity index (χ0) is 20.6. The second-order valence-electron chi connectivity index (χ2n) is 5.61. The highest BCUT2D eigenvalue weighted by molar-refractivity contribution is 8.27. The molecule has 1 fully saturated rings. The molecule has 0 aromatic heterocycles. The van der Waals surface area contributed by atoms with Crippen LogP contribution in [0.15, 0.2) is 47.4 Å². The summed E-state index contributed by atoms with van der Waals surface area (Å²) in [5.41, 5.74) is -0.457. The van der Waals surface area contributed by atoms with Crippen molar-refractivity contribution >= 4 is 63.5 Å². The maximum absolute atomic E-state index is 13.1. The number of hydrogen-bond donors (Lipinski definition) is 1. The number of carbonyl (C=O) groups is 2. The molecule has 144 valence electrons. The van der Waals surface area contributed by atoms with Crippen molar-refractivity contribution in [3.05, 3.63) is 69.1 Å². The van der Waals surface area contributed by atoms with Crippen LogP contribution in [0.4, 0.5) is 18.9 Å². The average Bonchev–Trinajstić information content (AvgIpc) is 2.89. The van der Waals surface area contributed by atoms with Crippen molar-refractivity contribution in [2.24, 2.45) is 0 Å². The summed E-state index contributed by atoms with van der Waals surface area (Å²) in [6.07, 6.45) is -3.18. The molecule has 2 aromatic carbocycles. The fourth-order valence-electron chi connectivity index (χ4n) is 2.43. The van der Waals surface area contributed by atoms with Crippen molar-refractivity contribution in [1.82, 2.24) is 0 Å². The molecule has 0 bridgehead atoms. The van der Waals surface area contributed by atoms with E-state index in [4.69, 9.17) is 28.9 Å². The first-order valence-electron chi connectivity index (χ1n) is 7.56. The summed E-state index contributed by atoms with van der Waals surface area (Å²) >= 11 is 11.7. The molecule has 1 saturated heterocycles. The second kappa shape index (κ2) is 7.57. The number of hydrogen-bond acceptors (Lipinski definition) is 4. The summed E-state index contributed by atoms with van der Waals surface area (Å²) in [6, 6.07) is 8.91. The SMILES string of the molecule is O=C(O)c1ccc(C=C2SC(=S)N(c3ccc(Cl)c(C(F)(F)F)c3)C2=O)cc1. The molecule has 1 heterocycles. The van der Waals surface area contributed by atoms with E-state index in [9.17, 15) is 22.8 Å². The summed E-state index contributed by atoms with van der Waals surface area (Å²) in [4.78, 5) is 24.8. The molecular weight excluding hydrogens is 435 g/mol. The number of alkyl halides is 3. The number of thiocarbonyl (C=S) groups is 1. The number of rotatable bonds is 3. The Kier molecular flexibility index (Phi) is 5.51. The minimum Gasteiger partial charge on any atom is -0.478 e. The van der Waals surface area contributed by atoms with Crippen molar-refractivity contribution < 1.29 is 27.9 Å². The van der Waals surface area contributed by atoms with Gasteiger partial charge in [-0.2, -0.15) is 13.2 Å². The topological polar surface area (TPSA) is 57.6 Å². The smallest absolute Gasteiger partial charge is 0.417 e. The van der Waals surface area contributed by atoms with Crippen LogP contribution in [0.3, 0.4) is 0 Å². The number of aromatic carboxylic acids is 1. The quantitative estimate of drug-likeness (QED) is 0.504. The van der Waals surface area contributed by atoms with Gasteiger partial charge in [-0.25, -0.2) is 4.79 Å². The van der Waals surface area contributed by atoms with Gasteiger partial charge in [0.25, 0.3) is 5.91 Å². The van der Waals surface area contributed by atoms with Crippen molar-refractivity contribution in [2.45, 2.75) is 6.18 Å². The van der Waals surface area contributed by atoms with Gasteiger partial charge in [-0.3, -0.25) is 9.69 Å². The number of carboxylic acid groups (broad SMARTS) is 1. The first-order chi connectivity index (χ1) is 13.1. The van der Waals surface area contributed by atoms with Crippen LogP contribution >= 0.6 is 35.6 Å². The van der Waals surface area contributed by atoms with Gasteiger partial charge in [-0.1, -0.05) is 47.7 Å². The zero-order valence-electron chi connectivity index (χ0n) is 13.7. The number of halogens is 4. The predicted octanol–water partition coefficient (Wildman–Crippen LogP) is 5.46. The maximum Gasteiger partial charge on any atom is 0.417 e. The Hall–Kier alpha value is -2.36. The van der Waals surface area contributed by atoms with Crippen LogP contribution < -0.4 is 4.90 Å². The lowest BCUT2D eigenvalue weighted by Gasteiger charge is -2.17.